The average molecular weight is 565 g/mol. The monoisotopic (exact) mass is 564 g/mol. The van der Waals surface area contributed by atoms with Crippen molar-refractivity contribution in [3.8, 4) is 11.4 Å². The number of esters is 1. The zero-order valence-electron chi connectivity index (χ0n) is 22.2. The number of benzene rings is 3. The SMILES string of the molecule is COc1ccccc1NS(=O)(=O)c1cccc(C(=O)O[C@H](C)C(=O)Nc2c(C)n(C)n(-c3ccccc3)c2=O)c1. The fraction of sp³-hybridized carbons (Fsp3) is 0.179. The summed E-state index contributed by atoms with van der Waals surface area (Å²) >= 11 is 0. The Kier molecular flexibility index (Phi) is 8.10. The lowest BCUT2D eigenvalue weighted by molar-refractivity contribution is -0.123. The van der Waals surface area contributed by atoms with E-state index >= 15 is 0 Å². The molecule has 0 saturated heterocycles. The molecule has 12 heteroatoms. The van der Waals surface area contributed by atoms with Crippen LogP contribution in [0.25, 0.3) is 5.69 Å². The van der Waals surface area contributed by atoms with E-state index in [0.717, 1.165) is 6.07 Å². The summed E-state index contributed by atoms with van der Waals surface area (Å²) in [6.45, 7) is 3.03. The van der Waals surface area contributed by atoms with Crippen LogP contribution in [0.3, 0.4) is 0 Å². The largest absolute Gasteiger partial charge is 0.495 e. The molecule has 0 saturated carbocycles. The third-order valence-corrected chi connectivity index (χ3v) is 7.55. The molecule has 208 valence electrons. The smallest absolute Gasteiger partial charge is 0.338 e. The lowest BCUT2D eigenvalue weighted by Gasteiger charge is -2.14. The molecule has 11 nitrogen and oxygen atoms in total. The van der Waals surface area contributed by atoms with Gasteiger partial charge in [-0.25, -0.2) is 17.9 Å². The first kappa shape index (κ1) is 28.2. The Balaban J connectivity index is 1.48. The normalized spacial score (nSPS) is 11.9. The van der Waals surface area contributed by atoms with Crippen LogP contribution in [0, 0.1) is 6.92 Å². The number of nitrogens with one attached hydrogen (secondary N) is 2. The summed E-state index contributed by atoms with van der Waals surface area (Å²) < 4.78 is 41.8. The second kappa shape index (κ2) is 11.5. The molecule has 4 rings (SSSR count). The van der Waals surface area contributed by atoms with Gasteiger partial charge in [0.05, 0.1) is 34.6 Å². The summed E-state index contributed by atoms with van der Waals surface area (Å²) in [5.41, 5.74) is 0.873. The first-order valence-corrected chi connectivity index (χ1v) is 13.6. The van der Waals surface area contributed by atoms with Crippen molar-refractivity contribution in [3.63, 3.8) is 0 Å². The van der Waals surface area contributed by atoms with Crippen LogP contribution in [-0.4, -0.2) is 42.9 Å². The van der Waals surface area contributed by atoms with Crippen molar-refractivity contribution in [3.05, 3.63) is 100 Å². The Morgan fingerprint density at radius 2 is 1.62 bits per heavy atom. The fourth-order valence-corrected chi connectivity index (χ4v) is 5.06. The van der Waals surface area contributed by atoms with Gasteiger partial charge >= 0.3 is 5.97 Å². The van der Waals surface area contributed by atoms with Crippen LogP contribution in [0.5, 0.6) is 5.75 Å². The number of sulfonamides is 1. The molecule has 40 heavy (non-hydrogen) atoms. The number of nitrogens with zero attached hydrogens (tertiary/aromatic N) is 2. The van der Waals surface area contributed by atoms with Crippen LogP contribution in [0.2, 0.25) is 0 Å². The number of para-hydroxylation sites is 3. The van der Waals surface area contributed by atoms with E-state index in [9.17, 15) is 22.8 Å². The summed E-state index contributed by atoms with van der Waals surface area (Å²) in [7, 11) is -0.975. The minimum Gasteiger partial charge on any atom is -0.495 e. The molecule has 0 aliphatic carbocycles. The van der Waals surface area contributed by atoms with Crippen LogP contribution in [0.1, 0.15) is 23.0 Å². The van der Waals surface area contributed by atoms with Crippen LogP contribution in [-0.2, 0) is 26.6 Å². The van der Waals surface area contributed by atoms with Gasteiger partial charge in [-0.05, 0) is 56.3 Å². The highest BCUT2D eigenvalue weighted by atomic mass is 32.2. The van der Waals surface area contributed by atoms with Gasteiger partial charge in [-0.15, -0.1) is 0 Å². The molecule has 0 unspecified atom stereocenters. The van der Waals surface area contributed by atoms with Gasteiger partial charge in [0.2, 0.25) is 0 Å². The van der Waals surface area contributed by atoms with Crippen molar-refractivity contribution in [1.82, 2.24) is 9.36 Å². The number of carbonyl (C=O) groups is 2. The molecular weight excluding hydrogens is 536 g/mol. The Bertz CT molecular complexity index is 1730. The van der Waals surface area contributed by atoms with Gasteiger partial charge in [0.25, 0.3) is 21.5 Å². The molecular formula is C28H28N4O7S. The number of methoxy groups -OCH3 is 1. The second-order valence-electron chi connectivity index (χ2n) is 8.81. The Morgan fingerprint density at radius 3 is 2.33 bits per heavy atom. The number of ether oxygens (including phenoxy) is 2. The van der Waals surface area contributed by atoms with E-state index in [2.05, 4.69) is 10.0 Å². The molecule has 0 bridgehead atoms. The predicted octanol–water partition coefficient (Wildman–Crippen LogP) is 3.48. The van der Waals surface area contributed by atoms with Gasteiger partial charge in [0, 0.05) is 7.05 Å². The van der Waals surface area contributed by atoms with E-state index in [-0.39, 0.29) is 21.8 Å². The molecule has 0 aliphatic rings. The Hall–Kier alpha value is -4.84. The van der Waals surface area contributed by atoms with Crippen LogP contribution >= 0.6 is 0 Å². The third-order valence-electron chi connectivity index (χ3n) is 6.19. The maximum absolute atomic E-state index is 13.1. The van der Waals surface area contributed by atoms with Crippen molar-refractivity contribution in [2.45, 2.75) is 24.8 Å². The highest BCUT2D eigenvalue weighted by Crippen LogP contribution is 2.26. The maximum Gasteiger partial charge on any atom is 0.338 e. The molecule has 1 atom stereocenters. The number of aromatic nitrogens is 2. The highest BCUT2D eigenvalue weighted by Gasteiger charge is 2.25. The molecule has 3 aromatic carbocycles. The summed E-state index contributed by atoms with van der Waals surface area (Å²) in [6, 6.07) is 20.6. The van der Waals surface area contributed by atoms with Crippen molar-refractivity contribution in [2.24, 2.45) is 7.05 Å². The fourth-order valence-electron chi connectivity index (χ4n) is 3.94. The lowest BCUT2D eigenvalue weighted by atomic mass is 10.2. The van der Waals surface area contributed by atoms with Gasteiger partial charge in [-0.1, -0.05) is 36.4 Å². The van der Waals surface area contributed by atoms with E-state index < -0.39 is 33.6 Å². The van der Waals surface area contributed by atoms with Gasteiger partial charge in [-0.2, -0.15) is 0 Å². The number of hydrogen-bond donors (Lipinski definition) is 2. The van der Waals surface area contributed by atoms with E-state index in [4.69, 9.17) is 9.47 Å². The first-order valence-electron chi connectivity index (χ1n) is 12.1. The lowest BCUT2D eigenvalue weighted by Crippen LogP contribution is -2.32. The van der Waals surface area contributed by atoms with E-state index in [1.54, 1.807) is 61.1 Å². The average Bonchev–Trinajstić information content (AvgIpc) is 3.16. The van der Waals surface area contributed by atoms with Crippen LogP contribution < -0.4 is 20.3 Å². The molecule has 2 N–H and O–H groups in total. The van der Waals surface area contributed by atoms with Crippen molar-refractivity contribution < 1.29 is 27.5 Å². The third kappa shape index (κ3) is 5.76. The van der Waals surface area contributed by atoms with Gasteiger partial charge in [-0.3, -0.25) is 19.0 Å². The number of rotatable bonds is 9. The van der Waals surface area contributed by atoms with Crippen molar-refractivity contribution in [1.29, 1.82) is 0 Å². The van der Waals surface area contributed by atoms with Crippen molar-refractivity contribution in [2.75, 3.05) is 17.1 Å². The molecule has 1 aromatic heterocycles. The Labute approximate surface area is 231 Å². The minimum atomic E-state index is -4.08. The van der Waals surface area contributed by atoms with Gasteiger partial charge < -0.3 is 14.8 Å². The minimum absolute atomic E-state index is 0.0507. The zero-order valence-corrected chi connectivity index (χ0v) is 23.1. The molecule has 0 spiro atoms. The first-order chi connectivity index (χ1) is 19.0. The van der Waals surface area contributed by atoms with E-state index in [0.29, 0.717) is 17.1 Å². The number of hydrogen-bond acceptors (Lipinski definition) is 7. The zero-order chi connectivity index (χ0) is 29.0. The molecule has 0 radical (unpaired) electrons. The highest BCUT2D eigenvalue weighted by molar-refractivity contribution is 7.92. The van der Waals surface area contributed by atoms with Crippen LogP contribution in [0.15, 0.2) is 88.6 Å². The molecule has 0 fully saturated rings. The van der Waals surface area contributed by atoms with Crippen molar-refractivity contribution >= 4 is 33.3 Å². The van der Waals surface area contributed by atoms with E-state index in [1.807, 2.05) is 6.07 Å². The number of anilines is 2. The predicted molar refractivity (Wildman–Crippen MR) is 149 cm³/mol. The summed E-state index contributed by atoms with van der Waals surface area (Å²) in [4.78, 5) is 38.6. The number of amides is 1. The molecule has 0 aliphatic heterocycles. The summed E-state index contributed by atoms with van der Waals surface area (Å²) in [6.07, 6.45) is -1.29. The Morgan fingerprint density at radius 1 is 0.950 bits per heavy atom. The standard InChI is InChI=1S/C28H28N4O7S/c1-18-25(27(34)32(31(18)3)21-12-6-5-7-13-21)29-26(33)19(2)39-28(35)20-11-10-14-22(17-20)40(36,37)30-23-15-8-9-16-24(23)38-4/h5-17,19,30H,1-4H3,(H,29,33)/t19-/m1/s1. The maximum atomic E-state index is 13.1. The topological polar surface area (TPSA) is 138 Å². The molecule has 4 aromatic rings. The quantitative estimate of drug-likeness (QED) is 0.297. The van der Waals surface area contributed by atoms with E-state index in [1.165, 1.54) is 43.0 Å². The molecule has 1 heterocycles. The second-order valence-corrected chi connectivity index (χ2v) is 10.5. The van der Waals surface area contributed by atoms with Gasteiger partial charge in [0.15, 0.2) is 6.10 Å². The summed E-state index contributed by atoms with van der Waals surface area (Å²) in [5, 5.41) is 2.55. The van der Waals surface area contributed by atoms with Crippen LogP contribution in [0.4, 0.5) is 11.4 Å². The summed E-state index contributed by atoms with van der Waals surface area (Å²) in [5.74, 6) is -1.31. The van der Waals surface area contributed by atoms with Gasteiger partial charge in [0.1, 0.15) is 11.4 Å². The number of carbonyl (C=O) groups excluding carboxylic acids is 2. The molecule has 1 amide bonds.